The van der Waals surface area contributed by atoms with Crippen LogP contribution in [0.25, 0.3) is 16.2 Å². The summed E-state index contributed by atoms with van der Waals surface area (Å²) in [6, 6.07) is 7.89. The molecule has 25 heavy (non-hydrogen) atoms. The minimum absolute atomic E-state index is 0.208. The molecule has 1 aromatic carbocycles. The monoisotopic (exact) mass is 357 g/mol. The highest BCUT2D eigenvalue weighted by Gasteiger charge is 2.13. The second-order valence-corrected chi connectivity index (χ2v) is 6.64. The second kappa shape index (κ2) is 7.70. The fraction of sp³-hybridized carbons (Fsp3) is 0.368. The molecule has 3 aromatic rings. The lowest BCUT2D eigenvalue weighted by Crippen LogP contribution is -2.30. The molecule has 0 saturated carbocycles. The summed E-state index contributed by atoms with van der Waals surface area (Å²) in [6.07, 6.45) is 3.31. The molecule has 132 valence electrons. The molecule has 2 aromatic heterocycles. The van der Waals surface area contributed by atoms with E-state index in [0.717, 1.165) is 47.2 Å². The van der Waals surface area contributed by atoms with E-state index in [4.69, 9.17) is 9.72 Å². The number of aryl methyl sites for hydroxylation is 1. The van der Waals surface area contributed by atoms with Crippen molar-refractivity contribution in [1.82, 2.24) is 14.3 Å². The van der Waals surface area contributed by atoms with Gasteiger partial charge in [-0.05, 0) is 44.5 Å². The van der Waals surface area contributed by atoms with Gasteiger partial charge in [-0.25, -0.2) is 4.98 Å². The molecule has 0 N–H and O–H groups in total. The van der Waals surface area contributed by atoms with Gasteiger partial charge in [0.2, 0.25) is 5.91 Å². The largest absolute Gasteiger partial charge is 0.497 e. The Bertz CT molecular complexity index is 847. The normalized spacial score (nSPS) is 11.0. The Morgan fingerprint density at radius 3 is 2.60 bits per heavy atom. The van der Waals surface area contributed by atoms with Crippen LogP contribution in [0.4, 0.5) is 0 Å². The van der Waals surface area contributed by atoms with Gasteiger partial charge in [-0.15, -0.1) is 11.3 Å². The molecule has 0 aliphatic rings. The van der Waals surface area contributed by atoms with Crippen LogP contribution in [0.15, 0.2) is 35.8 Å². The van der Waals surface area contributed by atoms with Crippen molar-refractivity contribution < 1.29 is 9.53 Å². The van der Waals surface area contributed by atoms with Crippen LogP contribution in [0, 0.1) is 0 Å². The number of amides is 1. The summed E-state index contributed by atoms with van der Waals surface area (Å²) in [4.78, 5) is 19.7. The zero-order valence-corrected chi connectivity index (χ0v) is 15.7. The summed E-state index contributed by atoms with van der Waals surface area (Å²) in [6.45, 7) is 5.56. The first-order chi connectivity index (χ1) is 12.2. The summed E-state index contributed by atoms with van der Waals surface area (Å²) in [5, 5.41) is 2.09. The van der Waals surface area contributed by atoms with Gasteiger partial charge in [0.1, 0.15) is 5.75 Å². The molecule has 2 heterocycles. The van der Waals surface area contributed by atoms with Crippen molar-refractivity contribution in [2.24, 2.45) is 0 Å². The van der Waals surface area contributed by atoms with Crippen LogP contribution in [-0.4, -0.2) is 40.4 Å². The molecule has 0 fully saturated rings. The van der Waals surface area contributed by atoms with Gasteiger partial charge in [-0.3, -0.25) is 9.20 Å². The summed E-state index contributed by atoms with van der Waals surface area (Å²) in [7, 11) is 1.66. The standard InChI is InChI=1S/C19H23N3O2S/c1-4-21(5-2)18(23)11-8-15-13-25-19-20-17(12-22(15)19)14-6-9-16(24-3)10-7-14/h6-7,9-10,12-13H,4-5,8,11H2,1-3H3. The van der Waals surface area contributed by atoms with Crippen LogP contribution in [0.2, 0.25) is 0 Å². The van der Waals surface area contributed by atoms with E-state index < -0.39 is 0 Å². The molecule has 0 saturated heterocycles. The Kier molecular flexibility index (Phi) is 5.38. The van der Waals surface area contributed by atoms with Gasteiger partial charge < -0.3 is 9.64 Å². The first kappa shape index (κ1) is 17.5. The maximum absolute atomic E-state index is 12.2. The summed E-state index contributed by atoms with van der Waals surface area (Å²) < 4.78 is 7.30. The van der Waals surface area contributed by atoms with Crippen molar-refractivity contribution in [3.63, 3.8) is 0 Å². The van der Waals surface area contributed by atoms with Crippen molar-refractivity contribution in [2.45, 2.75) is 26.7 Å². The van der Waals surface area contributed by atoms with E-state index in [1.54, 1.807) is 18.4 Å². The Hall–Kier alpha value is -2.34. The highest BCUT2D eigenvalue weighted by Crippen LogP contribution is 2.25. The van der Waals surface area contributed by atoms with Gasteiger partial charge in [0, 0.05) is 42.3 Å². The van der Waals surface area contributed by atoms with Gasteiger partial charge in [-0.1, -0.05) is 0 Å². The molecular weight excluding hydrogens is 334 g/mol. The smallest absolute Gasteiger partial charge is 0.222 e. The third kappa shape index (κ3) is 3.69. The van der Waals surface area contributed by atoms with Crippen LogP contribution in [-0.2, 0) is 11.2 Å². The van der Waals surface area contributed by atoms with Crippen molar-refractivity contribution in [3.05, 3.63) is 41.5 Å². The topological polar surface area (TPSA) is 46.8 Å². The number of carbonyl (C=O) groups excluding carboxylic acids is 1. The van der Waals surface area contributed by atoms with E-state index in [1.807, 2.05) is 49.2 Å². The first-order valence-electron chi connectivity index (χ1n) is 8.54. The van der Waals surface area contributed by atoms with E-state index >= 15 is 0 Å². The lowest BCUT2D eigenvalue weighted by molar-refractivity contribution is -0.130. The van der Waals surface area contributed by atoms with Gasteiger partial charge in [-0.2, -0.15) is 0 Å². The number of hydrogen-bond acceptors (Lipinski definition) is 4. The average Bonchev–Trinajstić information content (AvgIpc) is 3.22. The predicted molar refractivity (Wildman–Crippen MR) is 101 cm³/mol. The maximum atomic E-state index is 12.2. The number of ether oxygens (including phenoxy) is 1. The van der Waals surface area contributed by atoms with Crippen molar-refractivity contribution in [2.75, 3.05) is 20.2 Å². The van der Waals surface area contributed by atoms with Crippen molar-refractivity contribution in [1.29, 1.82) is 0 Å². The highest BCUT2D eigenvalue weighted by molar-refractivity contribution is 7.15. The lowest BCUT2D eigenvalue weighted by Gasteiger charge is -2.18. The fourth-order valence-electron chi connectivity index (χ4n) is 2.88. The van der Waals surface area contributed by atoms with E-state index in [-0.39, 0.29) is 5.91 Å². The average molecular weight is 357 g/mol. The molecule has 1 amide bonds. The number of methoxy groups -OCH3 is 1. The summed E-state index contributed by atoms with van der Waals surface area (Å²) in [5.41, 5.74) is 3.13. The summed E-state index contributed by atoms with van der Waals surface area (Å²) in [5.74, 6) is 1.04. The Balaban J connectivity index is 1.77. The quantitative estimate of drug-likeness (QED) is 0.645. The fourth-order valence-corrected chi connectivity index (χ4v) is 3.79. The van der Waals surface area contributed by atoms with Crippen LogP contribution in [0.1, 0.15) is 26.0 Å². The molecule has 6 heteroatoms. The third-order valence-electron chi connectivity index (χ3n) is 4.38. The van der Waals surface area contributed by atoms with Gasteiger partial charge in [0.25, 0.3) is 0 Å². The molecular formula is C19H23N3O2S. The molecule has 0 atom stereocenters. The number of nitrogens with zero attached hydrogens (tertiary/aromatic N) is 3. The molecule has 0 aliphatic heterocycles. The molecule has 0 bridgehead atoms. The van der Waals surface area contributed by atoms with E-state index in [1.165, 1.54) is 0 Å². The van der Waals surface area contributed by atoms with E-state index in [2.05, 4.69) is 9.78 Å². The van der Waals surface area contributed by atoms with Crippen LogP contribution in [0.3, 0.4) is 0 Å². The minimum atomic E-state index is 0.208. The number of fused-ring (bicyclic) bond motifs is 1. The number of rotatable bonds is 7. The van der Waals surface area contributed by atoms with Gasteiger partial charge >= 0.3 is 0 Å². The lowest BCUT2D eigenvalue weighted by atomic mass is 10.1. The number of thiazole rings is 1. The Morgan fingerprint density at radius 2 is 1.96 bits per heavy atom. The van der Waals surface area contributed by atoms with Crippen LogP contribution < -0.4 is 4.74 Å². The van der Waals surface area contributed by atoms with Gasteiger partial charge in [0.15, 0.2) is 4.96 Å². The second-order valence-electron chi connectivity index (χ2n) is 5.80. The number of hydrogen-bond donors (Lipinski definition) is 0. The first-order valence-corrected chi connectivity index (χ1v) is 9.41. The van der Waals surface area contributed by atoms with Gasteiger partial charge in [0.05, 0.1) is 12.8 Å². The molecule has 0 radical (unpaired) electrons. The number of imidazole rings is 1. The van der Waals surface area contributed by atoms with Crippen LogP contribution >= 0.6 is 11.3 Å². The highest BCUT2D eigenvalue weighted by atomic mass is 32.1. The SMILES string of the molecule is CCN(CC)C(=O)CCc1csc2nc(-c3ccc(OC)cc3)cn12. The molecule has 5 nitrogen and oxygen atoms in total. The van der Waals surface area contributed by atoms with Crippen molar-refractivity contribution >= 4 is 22.2 Å². The molecule has 0 aliphatic carbocycles. The molecule has 3 rings (SSSR count). The Morgan fingerprint density at radius 1 is 1.24 bits per heavy atom. The Labute approximate surface area is 151 Å². The minimum Gasteiger partial charge on any atom is -0.497 e. The maximum Gasteiger partial charge on any atom is 0.222 e. The molecule has 0 unspecified atom stereocenters. The zero-order valence-electron chi connectivity index (χ0n) is 14.9. The summed E-state index contributed by atoms with van der Waals surface area (Å²) >= 11 is 1.61. The zero-order chi connectivity index (χ0) is 17.8. The van der Waals surface area contributed by atoms with E-state index in [0.29, 0.717) is 6.42 Å². The number of benzene rings is 1. The third-order valence-corrected chi connectivity index (χ3v) is 5.27. The van der Waals surface area contributed by atoms with E-state index in [9.17, 15) is 4.79 Å². The van der Waals surface area contributed by atoms with Crippen molar-refractivity contribution in [3.8, 4) is 17.0 Å². The number of aromatic nitrogens is 2. The molecule has 0 spiro atoms. The predicted octanol–water partition coefficient (Wildman–Crippen LogP) is 3.87. The van der Waals surface area contributed by atoms with Crippen LogP contribution in [0.5, 0.6) is 5.75 Å². The number of carbonyl (C=O) groups is 1.